The summed E-state index contributed by atoms with van der Waals surface area (Å²) < 4.78 is 0. The second-order valence-corrected chi connectivity index (χ2v) is 7.00. The molecule has 114 valence electrons. The molecular formula is C16H24N4O. The summed E-state index contributed by atoms with van der Waals surface area (Å²) in [4.78, 5) is 21.0. The third kappa shape index (κ3) is 2.50. The van der Waals surface area contributed by atoms with E-state index in [2.05, 4.69) is 40.9 Å². The van der Waals surface area contributed by atoms with Gasteiger partial charge in [-0.2, -0.15) is 0 Å². The average Bonchev–Trinajstić information content (AvgIpc) is 3.06. The van der Waals surface area contributed by atoms with E-state index in [0.29, 0.717) is 17.6 Å². The predicted octanol–water partition coefficient (Wildman–Crippen LogP) is 1.50. The molecule has 21 heavy (non-hydrogen) atoms. The van der Waals surface area contributed by atoms with E-state index < -0.39 is 0 Å². The molecule has 2 saturated heterocycles. The van der Waals surface area contributed by atoms with Crippen molar-refractivity contribution in [2.45, 2.75) is 44.8 Å². The molecule has 1 aromatic rings. The third-order valence-corrected chi connectivity index (χ3v) is 4.63. The van der Waals surface area contributed by atoms with Gasteiger partial charge in [-0.05, 0) is 39.3 Å². The number of likely N-dealkylation sites (tertiary alicyclic amines) is 1. The number of aromatic nitrogens is 1. The minimum Gasteiger partial charge on any atom is -0.355 e. The summed E-state index contributed by atoms with van der Waals surface area (Å²) in [5.41, 5.74) is 0.851. The highest BCUT2D eigenvalue weighted by atomic mass is 16.1. The minimum atomic E-state index is -0.0871. The van der Waals surface area contributed by atoms with Crippen molar-refractivity contribution in [2.75, 3.05) is 25.0 Å². The molecule has 5 nitrogen and oxygen atoms in total. The molecule has 5 heteroatoms. The number of carbonyl (C=O) groups excluding carboxylic acids is 1. The van der Waals surface area contributed by atoms with Crippen LogP contribution in [0.15, 0.2) is 18.3 Å². The lowest BCUT2D eigenvalue weighted by atomic mass is 10.0. The Hall–Kier alpha value is -1.62. The molecular weight excluding hydrogens is 264 g/mol. The van der Waals surface area contributed by atoms with Gasteiger partial charge in [0.15, 0.2) is 0 Å². The average molecular weight is 288 g/mol. The van der Waals surface area contributed by atoms with Gasteiger partial charge in [-0.3, -0.25) is 9.69 Å². The Labute approximate surface area is 126 Å². The normalized spacial score (nSPS) is 25.4. The standard InChI is InChI=1S/C16H24N4O/c1-16(2,3)20-10-12-7-13(20)9-19(12)14-6-5-11(8-18-14)15(21)17-4/h5-6,8,12-13H,7,9-10H2,1-4H3,(H,17,21)/t12-,13-/m0/s1. The fourth-order valence-corrected chi connectivity index (χ4v) is 3.60. The maximum atomic E-state index is 11.6. The first kappa shape index (κ1) is 14.3. The maximum absolute atomic E-state index is 11.6. The summed E-state index contributed by atoms with van der Waals surface area (Å²) >= 11 is 0. The second kappa shape index (κ2) is 4.98. The molecule has 0 radical (unpaired) electrons. The van der Waals surface area contributed by atoms with E-state index in [1.807, 2.05) is 12.1 Å². The van der Waals surface area contributed by atoms with Gasteiger partial charge in [0.25, 0.3) is 5.91 Å². The Bertz CT molecular complexity index is 534. The van der Waals surface area contributed by atoms with Gasteiger partial charge in [0.2, 0.25) is 0 Å². The molecule has 2 bridgehead atoms. The Morgan fingerprint density at radius 1 is 1.29 bits per heavy atom. The Morgan fingerprint density at radius 2 is 2.05 bits per heavy atom. The van der Waals surface area contributed by atoms with Crippen LogP contribution < -0.4 is 10.2 Å². The van der Waals surface area contributed by atoms with Gasteiger partial charge < -0.3 is 10.2 Å². The van der Waals surface area contributed by atoms with Crippen molar-refractivity contribution in [3.8, 4) is 0 Å². The summed E-state index contributed by atoms with van der Waals surface area (Å²) in [6.45, 7) is 9.00. The van der Waals surface area contributed by atoms with E-state index in [1.165, 1.54) is 6.42 Å². The zero-order chi connectivity index (χ0) is 15.2. The van der Waals surface area contributed by atoms with Crippen LogP contribution in [0.5, 0.6) is 0 Å². The van der Waals surface area contributed by atoms with E-state index >= 15 is 0 Å². The highest BCUT2D eigenvalue weighted by Crippen LogP contribution is 2.37. The zero-order valence-electron chi connectivity index (χ0n) is 13.3. The maximum Gasteiger partial charge on any atom is 0.252 e. The van der Waals surface area contributed by atoms with Crippen LogP contribution in [0.2, 0.25) is 0 Å². The van der Waals surface area contributed by atoms with Crippen LogP contribution in [0.4, 0.5) is 5.82 Å². The Kier molecular flexibility index (Phi) is 3.40. The summed E-state index contributed by atoms with van der Waals surface area (Å²) in [7, 11) is 1.64. The van der Waals surface area contributed by atoms with Crippen molar-refractivity contribution in [3.63, 3.8) is 0 Å². The van der Waals surface area contributed by atoms with Gasteiger partial charge in [-0.1, -0.05) is 0 Å². The van der Waals surface area contributed by atoms with E-state index in [0.717, 1.165) is 18.9 Å². The molecule has 1 amide bonds. The van der Waals surface area contributed by atoms with Crippen LogP contribution in [-0.4, -0.2) is 53.6 Å². The molecule has 3 rings (SSSR count). The fraction of sp³-hybridized carbons (Fsp3) is 0.625. The Morgan fingerprint density at radius 3 is 2.52 bits per heavy atom. The number of nitrogens with zero attached hydrogens (tertiary/aromatic N) is 3. The molecule has 0 spiro atoms. The van der Waals surface area contributed by atoms with Gasteiger partial charge in [0.05, 0.1) is 5.56 Å². The summed E-state index contributed by atoms with van der Waals surface area (Å²) in [5.74, 6) is 0.902. The molecule has 0 unspecified atom stereocenters. The smallest absolute Gasteiger partial charge is 0.252 e. The Balaban J connectivity index is 1.72. The topological polar surface area (TPSA) is 48.5 Å². The lowest BCUT2D eigenvalue weighted by molar-refractivity contribution is 0.0962. The monoisotopic (exact) mass is 288 g/mol. The van der Waals surface area contributed by atoms with Crippen LogP contribution in [0, 0.1) is 0 Å². The number of piperazine rings is 1. The second-order valence-electron chi connectivity index (χ2n) is 7.00. The van der Waals surface area contributed by atoms with Crippen molar-refractivity contribution in [3.05, 3.63) is 23.9 Å². The van der Waals surface area contributed by atoms with E-state index in [1.54, 1.807) is 13.2 Å². The number of fused-ring (bicyclic) bond motifs is 2. The number of anilines is 1. The fourth-order valence-electron chi connectivity index (χ4n) is 3.60. The van der Waals surface area contributed by atoms with E-state index in [4.69, 9.17) is 0 Å². The van der Waals surface area contributed by atoms with Crippen LogP contribution in [0.3, 0.4) is 0 Å². The summed E-state index contributed by atoms with van der Waals surface area (Å²) in [6.07, 6.45) is 2.89. The van der Waals surface area contributed by atoms with Crippen molar-refractivity contribution in [1.29, 1.82) is 0 Å². The lowest BCUT2D eigenvalue weighted by Gasteiger charge is -2.42. The largest absolute Gasteiger partial charge is 0.355 e. The molecule has 2 fully saturated rings. The molecule has 0 aromatic carbocycles. The number of hydrogen-bond donors (Lipinski definition) is 1. The molecule has 1 aromatic heterocycles. The molecule has 0 saturated carbocycles. The third-order valence-electron chi connectivity index (χ3n) is 4.63. The van der Waals surface area contributed by atoms with Crippen molar-refractivity contribution >= 4 is 11.7 Å². The van der Waals surface area contributed by atoms with E-state index in [-0.39, 0.29) is 11.4 Å². The van der Waals surface area contributed by atoms with Crippen molar-refractivity contribution < 1.29 is 4.79 Å². The number of rotatable bonds is 2. The van der Waals surface area contributed by atoms with Crippen LogP contribution in [0.25, 0.3) is 0 Å². The van der Waals surface area contributed by atoms with Gasteiger partial charge >= 0.3 is 0 Å². The zero-order valence-corrected chi connectivity index (χ0v) is 13.3. The van der Waals surface area contributed by atoms with Crippen LogP contribution >= 0.6 is 0 Å². The quantitative estimate of drug-likeness (QED) is 0.896. The molecule has 2 aliphatic heterocycles. The SMILES string of the molecule is CNC(=O)c1ccc(N2C[C@@H]3C[C@H]2CN3C(C)(C)C)nc1. The predicted molar refractivity (Wildman–Crippen MR) is 83.6 cm³/mol. The van der Waals surface area contributed by atoms with E-state index in [9.17, 15) is 4.79 Å². The highest BCUT2D eigenvalue weighted by Gasteiger charge is 2.47. The highest BCUT2D eigenvalue weighted by molar-refractivity contribution is 5.93. The number of nitrogens with one attached hydrogen (secondary N) is 1. The first-order valence-electron chi connectivity index (χ1n) is 7.61. The number of amides is 1. The van der Waals surface area contributed by atoms with Gasteiger partial charge in [0.1, 0.15) is 5.82 Å². The number of carbonyl (C=O) groups is 1. The van der Waals surface area contributed by atoms with Crippen LogP contribution in [-0.2, 0) is 0 Å². The lowest BCUT2D eigenvalue weighted by Crippen LogP contribution is -2.53. The number of hydrogen-bond acceptors (Lipinski definition) is 4. The number of pyridine rings is 1. The molecule has 3 heterocycles. The molecule has 2 aliphatic rings. The van der Waals surface area contributed by atoms with Crippen molar-refractivity contribution in [2.24, 2.45) is 0 Å². The van der Waals surface area contributed by atoms with Gasteiger partial charge in [0, 0.05) is 44.0 Å². The van der Waals surface area contributed by atoms with Crippen molar-refractivity contribution in [1.82, 2.24) is 15.2 Å². The first-order valence-corrected chi connectivity index (χ1v) is 7.61. The van der Waals surface area contributed by atoms with Gasteiger partial charge in [-0.25, -0.2) is 4.98 Å². The minimum absolute atomic E-state index is 0.0871. The summed E-state index contributed by atoms with van der Waals surface area (Å²) in [5, 5.41) is 2.62. The molecule has 0 aliphatic carbocycles. The molecule has 2 atom stereocenters. The van der Waals surface area contributed by atoms with Gasteiger partial charge in [-0.15, -0.1) is 0 Å². The first-order chi connectivity index (χ1) is 9.90. The molecule has 1 N–H and O–H groups in total. The summed E-state index contributed by atoms with van der Waals surface area (Å²) in [6, 6.07) is 4.99. The van der Waals surface area contributed by atoms with Crippen LogP contribution in [0.1, 0.15) is 37.6 Å².